The molecule has 2 aromatic carbocycles. The zero-order chi connectivity index (χ0) is 23.3. The number of benzene rings is 2. The lowest BCUT2D eigenvalue weighted by molar-refractivity contribution is -0.143. The van der Waals surface area contributed by atoms with Crippen molar-refractivity contribution in [3.05, 3.63) is 58.4 Å². The van der Waals surface area contributed by atoms with Crippen LogP contribution in [0.5, 0.6) is 0 Å². The van der Waals surface area contributed by atoms with Gasteiger partial charge in [-0.15, -0.1) is 0 Å². The van der Waals surface area contributed by atoms with Crippen molar-refractivity contribution < 1.29 is 22.7 Å². The van der Waals surface area contributed by atoms with Crippen molar-refractivity contribution in [1.82, 2.24) is 4.57 Å². The fraction of sp³-hybridized carbons (Fsp3) is 0.348. The first kappa shape index (κ1) is 23.9. The smallest absolute Gasteiger partial charge is 0.326 e. The Morgan fingerprint density at radius 3 is 2.44 bits per heavy atom. The number of esters is 1. The van der Waals surface area contributed by atoms with Gasteiger partial charge in [0.1, 0.15) is 6.54 Å². The average molecular weight is 475 g/mol. The summed E-state index contributed by atoms with van der Waals surface area (Å²) in [5.74, 6) is -0.970. The molecule has 170 valence electrons. The van der Waals surface area contributed by atoms with Crippen LogP contribution >= 0.6 is 11.3 Å². The Kier molecular flexibility index (Phi) is 7.63. The summed E-state index contributed by atoms with van der Waals surface area (Å²) >= 11 is 1.31. The second-order valence-electron chi connectivity index (χ2n) is 7.49. The van der Waals surface area contributed by atoms with Crippen molar-refractivity contribution in [3.8, 4) is 0 Å². The van der Waals surface area contributed by atoms with E-state index in [4.69, 9.17) is 4.74 Å². The number of nitrogens with zero attached hydrogens (tertiary/aromatic N) is 2. The SMILES string of the molecule is CCOC(=O)Cn1c(=NC(=O)CCCS(=O)(=O)c2ccc(C)cc2)sc2cc(C)ccc21. The Bertz CT molecular complexity index is 1300. The summed E-state index contributed by atoms with van der Waals surface area (Å²) in [6.07, 6.45) is 0.165. The first-order chi connectivity index (χ1) is 15.2. The van der Waals surface area contributed by atoms with E-state index in [9.17, 15) is 18.0 Å². The normalized spacial score (nSPS) is 12.3. The molecule has 0 atom stereocenters. The number of hydrogen-bond donors (Lipinski definition) is 0. The molecule has 0 aliphatic rings. The van der Waals surface area contributed by atoms with Crippen LogP contribution in [0.25, 0.3) is 10.2 Å². The number of aromatic nitrogens is 1. The summed E-state index contributed by atoms with van der Waals surface area (Å²) in [7, 11) is -3.46. The highest BCUT2D eigenvalue weighted by Gasteiger charge is 2.16. The van der Waals surface area contributed by atoms with Gasteiger partial charge >= 0.3 is 5.97 Å². The first-order valence-electron chi connectivity index (χ1n) is 10.3. The Balaban J connectivity index is 1.78. The van der Waals surface area contributed by atoms with Gasteiger partial charge in [0.05, 0.1) is 27.5 Å². The third-order valence-electron chi connectivity index (χ3n) is 4.83. The minimum atomic E-state index is -3.46. The van der Waals surface area contributed by atoms with E-state index in [1.54, 1.807) is 35.8 Å². The van der Waals surface area contributed by atoms with Gasteiger partial charge in [-0.25, -0.2) is 8.42 Å². The molecule has 1 aromatic heterocycles. The van der Waals surface area contributed by atoms with Crippen LogP contribution in [0.1, 0.15) is 30.9 Å². The van der Waals surface area contributed by atoms with E-state index in [0.29, 0.717) is 4.80 Å². The van der Waals surface area contributed by atoms with Gasteiger partial charge in [-0.3, -0.25) is 9.59 Å². The molecular weight excluding hydrogens is 448 g/mol. The summed E-state index contributed by atoms with van der Waals surface area (Å²) in [6.45, 7) is 5.80. The van der Waals surface area contributed by atoms with E-state index in [2.05, 4.69) is 4.99 Å². The van der Waals surface area contributed by atoms with E-state index >= 15 is 0 Å². The van der Waals surface area contributed by atoms with Gasteiger partial charge in [0.25, 0.3) is 0 Å². The number of thiazole rings is 1. The number of fused-ring (bicyclic) bond motifs is 1. The third kappa shape index (κ3) is 5.92. The van der Waals surface area contributed by atoms with Crippen LogP contribution in [0.3, 0.4) is 0 Å². The monoisotopic (exact) mass is 474 g/mol. The molecule has 1 amide bonds. The molecule has 7 nitrogen and oxygen atoms in total. The number of carbonyl (C=O) groups is 2. The Hall–Kier alpha value is -2.78. The lowest BCUT2D eigenvalue weighted by Crippen LogP contribution is -2.23. The largest absolute Gasteiger partial charge is 0.465 e. The summed E-state index contributed by atoms with van der Waals surface area (Å²) in [4.78, 5) is 29.4. The molecule has 0 saturated carbocycles. The molecule has 9 heteroatoms. The third-order valence-corrected chi connectivity index (χ3v) is 7.69. The zero-order valence-corrected chi connectivity index (χ0v) is 20.0. The van der Waals surface area contributed by atoms with Crippen molar-refractivity contribution in [2.75, 3.05) is 12.4 Å². The number of amides is 1. The van der Waals surface area contributed by atoms with Crippen LogP contribution < -0.4 is 4.80 Å². The zero-order valence-electron chi connectivity index (χ0n) is 18.3. The van der Waals surface area contributed by atoms with E-state index in [-0.39, 0.29) is 36.6 Å². The van der Waals surface area contributed by atoms with Crippen LogP contribution in [0.4, 0.5) is 0 Å². The highest BCUT2D eigenvalue weighted by Crippen LogP contribution is 2.19. The highest BCUT2D eigenvalue weighted by atomic mass is 32.2. The van der Waals surface area contributed by atoms with Crippen molar-refractivity contribution in [2.24, 2.45) is 4.99 Å². The molecule has 0 saturated heterocycles. The second kappa shape index (κ2) is 10.2. The summed E-state index contributed by atoms with van der Waals surface area (Å²) in [6, 6.07) is 12.4. The summed E-state index contributed by atoms with van der Waals surface area (Å²) < 4.78 is 32.6. The molecule has 0 aliphatic heterocycles. The minimum absolute atomic E-state index is 0.00221. The van der Waals surface area contributed by atoms with E-state index in [0.717, 1.165) is 21.3 Å². The van der Waals surface area contributed by atoms with Crippen LogP contribution in [-0.4, -0.2) is 37.2 Å². The van der Waals surface area contributed by atoms with Gasteiger partial charge in [0.2, 0.25) is 5.91 Å². The van der Waals surface area contributed by atoms with Crippen LogP contribution in [0.15, 0.2) is 52.4 Å². The topological polar surface area (TPSA) is 94.8 Å². The predicted molar refractivity (Wildman–Crippen MR) is 124 cm³/mol. The van der Waals surface area contributed by atoms with Crippen LogP contribution in [-0.2, 0) is 30.7 Å². The molecule has 0 radical (unpaired) electrons. The second-order valence-corrected chi connectivity index (χ2v) is 10.6. The van der Waals surface area contributed by atoms with Gasteiger partial charge in [-0.1, -0.05) is 35.1 Å². The van der Waals surface area contributed by atoms with E-state index in [1.807, 2.05) is 32.0 Å². The molecule has 0 aliphatic carbocycles. The first-order valence-corrected chi connectivity index (χ1v) is 12.8. The highest BCUT2D eigenvalue weighted by molar-refractivity contribution is 7.91. The maximum absolute atomic E-state index is 12.5. The summed E-state index contributed by atoms with van der Waals surface area (Å²) in [5.41, 5.74) is 2.83. The minimum Gasteiger partial charge on any atom is -0.465 e. The molecule has 0 N–H and O–H groups in total. The molecule has 0 bridgehead atoms. The van der Waals surface area contributed by atoms with E-state index < -0.39 is 21.7 Å². The number of ether oxygens (including phenoxy) is 1. The lowest BCUT2D eigenvalue weighted by atomic mass is 10.2. The van der Waals surface area contributed by atoms with E-state index in [1.165, 1.54) is 11.3 Å². The van der Waals surface area contributed by atoms with Crippen molar-refractivity contribution in [1.29, 1.82) is 0 Å². The standard InChI is InChI=1S/C23H26N2O5S2/c1-4-30-22(27)15-25-19-12-9-17(3)14-20(19)31-23(25)24-21(26)6-5-13-32(28,29)18-10-7-16(2)8-11-18/h7-12,14H,4-6,13,15H2,1-3H3. The molecule has 3 aromatic rings. The summed E-state index contributed by atoms with van der Waals surface area (Å²) in [5, 5.41) is 0. The average Bonchev–Trinajstić information content (AvgIpc) is 3.04. The Morgan fingerprint density at radius 2 is 1.75 bits per heavy atom. The number of rotatable bonds is 8. The fourth-order valence-electron chi connectivity index (χ4n) is 3.19. The lowest BCUT2D eigenvalue weighted by Gasteiger charge is -2.05. The number of hydrogen-bond acceptors (Lipinski definition) is 6. The van der Waals surface area contributed by atoms with Crippen LogP contribution in [0, 0.1) is 13.8 Å². The van der Waals surface area contributed by atoms with Crippen molar-refractivity contribution in [3.63, 3.8) is 0 Å². The van der Waals surface area contributed by atoms with Gasteiger partial charge in [-0.2, -0.15) is 4.99 Å². The van der Waals surface area contributed by atoms with Crippen molar-refractivity contribution >= 4 is 43.3 Å². The molecule has 3 rings (SSSR count). The fourth-order valence-corrected chi connectivity index (χ4v) is 5.65. The van der Waals surface area contributed by atoms with Crippen molar-refractivity contribution in [2.45, 2.75) is 45.1 Å². The van der Waals surface area contributed by atoms with Gasteiger partial charge in [-0.05, 0) is 57.0 Å². The molecule has 32 heavy (non-hydrogen) atoms. The maximum atomic E-state index is 12.5. The molecular formula is C23H26N2O5S2. The Labute approximate surface area is 191 Å². The number of carbonyl (C=O) groups excluding carboxylic acids is 2. The number of aryl methyl sites for hydroxylation is 2. The van der Waals surface area contributed by atoms with Gasteiger partial charge in [0, 0.05) is 6.42 Å². The molecule has 0 unspecified atom stereocenters. The molecule has 0 spiro atoms. The van der Waals surface area contributed by atoms with Gasteiger partial charge in [0.15, 0.2) is 14.6 Å². The predicted octanol–water partition coefficient (Wildman–Crippen LogP) is 3.56. The van der Waals surface area contributed by atoms with Gasteiger partial charge < -0.3 is 9.30 Å². The maximum Gasteiger partial charge on any atom is 0.326 e. The Morgan fingerprint density at radius 1 is 1.06 bits per heavy atom. The number of sulfone groups is 1. The quantitative estimate of drug-likeness (QED) is 0.465. The van der Waals surface area contributed by atoms with Crippen LogP contribution in [0.2, 0.25) is 0 Å². The molecule has 0 fully saturated rings. The molecule has 1 heterocycles.